The maximum Gasteiger partial charge on any atom is 0.252 e. The minimum Gasteiger partial charge on any atom is -0.495 e. The first-order valence-corrected chi connectivity index (χ1v) is 4.62. The van der Waals surface area contributed by atoms with Gasteiger partial charge >= 0.3 is 0 Å². The number of methoxy groups -OCH3 is 1. The highest BCUT2D eigenvalue weighted by Gasteiger charge is 2.07. The third-order valence-corrected chi connectivity index (χ3v) is 2.06. The van der Waals surface area contributed by atoms with Crippen molar-refractivity contribution in [2.75, 3.05) is 13.7 Å². The maximum atomic E-state index is 11.4. The van der Waals surface area contributed by atoms with Crippen LogP contribution in [0.2, 0.25) is 5.02 Å². The fourth-order valence-electron chi connectivity index (χ4n) is 1.04. The van der Waals surface area contributed by atoms with Crippen LogP contribution < -0.4 is 10.1 Å². The summed E-state index contributed by atoms with van der Waals surface area (Å²) in [5.41, 5.74) is 0.455. The number of halogens is 1. The molecule has 0 heterocycles. The molecule has 1 rings (SSSR count). The molecule has 1 amide bonds. The lowest BCUT2D eigenvalue weighted by molar-refractivity contribution is 0.0958. The first-order valence-electron chi connectivity index (χ1n) is 4.24. The van der Waals surface area contributed by atoms with Crippen LogP contribution in [0.15, 0.2) is 18.2 Å². The van der Waals surface area contributed by atoms with Gasteiger partial charge in [0.25, 0.3) is 5.91 Å². The van der Waals surface area contributed by atoms with Gasteiger partial charge in [-0.25, -0.2) is 0 Å². The number of carbonyl (C=O) groups excluding carboxylic acids is 1. The number of nitrogens with one attached hydrogen (secondary N) is 1. The van der Waals surface area contributed by atoms with Crippen molar-refractivity contribution in [1.82, 2.24) is 5.32 Å². The second kappa shape index (κ2) is 5.28. The molecule has 0 spiro atoms. The average molecular weight is 224 g/mol. The van der Waals surface area contributed by atoms with Crippen LogP contribution in [-0.4, -0.2) is 19.6 Å². The molecule has 3 nitrogen and oxygen atoms in total. The first-order chi connectivity index (χ1) is 7.19. The first kappa shape index (κ1) is 11.4. The van der Waals surface area contributed by atoms with Gasteiger partial charge < -0.3 is 10.1 Å². The zero-order chi connectivity index (χ0) is 11.3. The Kier molecular flexibility index (Phi) is 4.02. The largest absolute Gasteiger partial charge is 0.495 e. The molecule has 15 heavy (non-hydrogen) atoms. The number of hydrogen-bond donors (Lipinski definition) is 1. The van der Waals surface area contributed by atoms with Gasteiger partial charge in [0.05, 0.1) is 18.7 Å². The fraction of sp³-hybridized carbons (Fsp3) is 0.182. The van der Waals surface area contributed by atoms with Crippen LogP contribution in [0.5, 0.6) is 5.75 Å². The van der Waals surface area contributed by atoms with Gasteiger partial charge in [-0.05, 0) is 18.2 Å². The molecule has 0 atom stereocenters. The Morgan fingerprint density at radius 3 is 2.93 bits per heavy atom. The lowest BCUT2D eigenvalue weighted by Crippen LogP contribution is -2.23. The van der Waals surface area contributed by atoms with Gasteiger partial charge in [-0.1, -0.05) is 17.5 Å². The summed E-state index contributed by atoms with van der Waals surface area (Å²) >= 11 is 5.86. The van der Waals surface area contributed by atoms with E-state index >= 15 is 0 Å². The van der Waals surface area contributed by atoms with Gasteiger partial charge in [0.2, 0.25) is 0 Å². The third-order valence-electron chi connectivity index (χ3n) is 1.76. The van der Waals surface area contributed by atoms with E-state index in [2.05, 4.69) is 11.2 Å². The molecule has 78 valence electrons. The maximum absolute atomic E-state index is 11.4. The molecule has 0 aliphatic carbocycles. The predicted molar refractivity (Wildman–Crippen MR) is 59.2 cm³/mol. The molecule has 1 aromatic rings. The van der Waals surface area contributed by atoms with Gasteiger partial charge in [-0.3, -0.25) is 4.79 Å². The van der Waals surface area contributed by atoms with Gasteiger partial charge in [0.1, 0.15) is 5.75 Å². The van der Waals surface area contributed by atoms with Crippen molar-refractivity contribution in [2.24, 2.45) is 0 Å². The van der Waals surface area contributed by atoms with Crippen molar-refractivity contribution >= 4 is 17.5 Å². The monoisotopic (exact) mass is 223 g/mol. The molecule has 0 aliphatic heterocycles. The average Bonchev–Trinajstić information content (AvgIpc) is 2.25. The highest BCUT2D eigenvalue weighted by molar-refractivity contribution is 6.32. The summed E-state index contributed by atoms with van der Waals surface area (Å²) in [6.45, 7) is 0.197. The van der Waals surface area contributed by atoms with E-state index < -0.39 is 0 Å². The zero-order valence-electron chi connectivity index (χ0n) is 8.21. The minimum absolute atomic E-state index is 0.197. The van der Waals surface area contributed by atoms with Crippen molar-refractivity contribution in [3.05, 3.63) is 28.8 Å². The number of hydrogen-bond acceptors (Lipinski definition) is 2. The van der Waals surface area contributed by atoms with Gasteiger partial charge in [-0.2, -0.15) is 0 Å². The van der Waals surface area contributed by atoms with Crippen LogP contribution in [0.1, 0.15) is 10.4 Å². The number of ether oxygens (including phenoxy) is 1. The number of amides is 1. The molecule has 0 radical (unpaired) electrons. The highest BCUT2D eigenvalue weighted by atomic mass is 35.5. The van der Waals surface area contributed by atoms with E-state index in [0.717, 1.165) is 0 Å². The third kappa shape index (κ3) is 2.90. The van der Waals surface area contributed by atoms with Crippen molar-refractivity contribution in [1.29, 1.82) is 0 Å². The van der Waals surface area contributed by atoms with Crippen LogP contribution in [0.4, 0.5) is 0 Å². The number of terminal acetylenes is 1. The number of benzene rings is 1. The predicted octanol–water partition coefficient (Wildman–Crippen LogP) is 1.71. The van der Waals surface area contributed by atoms with Crippen LogP contribution in [0.3, 0.4) is 0 Å². The summed E-state index contributed by atoms with van der Waals surface area (Å²) in [6.07, 6.45) is 5.02. The van der Waals surface area contributed by atoms with Gasteiger partial charge in [-0.15, -0.1) is 6.42 Å². The van der Waals surface area contributed by atoms with Crippen LogP contribution in [0.25, 0.3) is 0 Å². The Bertz CT molecular complexity index is 410. The van der Waals surface area contributed by atoms with E-state index in [1.54, 1.807) is 12.1 Å². The second-order valence-electron chi connectivity index (χ2n) is 2.74. The summed E-state index contributed by atoms with van der Waals surface area (Å²) in [6, 6.07) is 4.79. The normalized spacial score (nSPS) is 9.13. The highest BCUT2D eigenvalue weighted by Crippen LogP contribution is 2.24. The van der Waals surface area contributed by atoms with E-state index in [9.17, 15) is 4.79 Å². The van der Waals surface area contributed by atoms with Crippen LogP contribution >= 0.6 is 11.6 Å². The zero-order valence-corrected chi connectivity index (χ0v) is 8.97. The quantitative estimate of drug-likeness (QED) is 0.793. The van der Waals surface area contributed by atoms with E-state index in [0.29, 0.717) is 16.3 Å². The molecule has 0 aliphatic rings. The van der Waals surface area contributed by atoms with Crippen molar-refractivity contribution < 1.29 is 9.53 Å². The molecule has 0 saturated carbocycles. The molecule has 0 bridgehead atoms. The molecule has 1 N–H and O–H groups in total. The summed E-state index contributed by atoms with van der Waals surface area (Å²) < 4.78 is 4.96. The Morgan fingerprint density at radius 2 is 2.40 bits per heavy atom. The summed E-state index contributed by atoms with van der Waals surface area (Å²) in [5, 5.41) is 2.93. The second-order valence-corrected chi connectivity index (χ2v) is 3.14. The minimum atomic E-state index is -0.252. The van der Waals surface area contributed by atoms with Crippen molar-refractivity contribution in [3.8, 4) is 18.1 Å². The van der Waals surface area contributed by atoms with Crippen LogP contribution in [-0.2, 0) is 0 Å². The molecular formula is C11H10ClNO2. The van der Waals surface area contributed by atoms with Gasteiger partial charge in [0, 0.05) is 5.56 Å². The standard InChI is InChI=1S/C11H10ClNO2/c1-3-6-13-11(14)8-4-5-10(15-2)9(12)7-8/h1,4-5,7H,6H2,2H3,(H,13,14). The summed E-state index contributed by atoms with van der Waals surface area (Å²) in [7, 11) is 1.51. The molecule has 4 heteroatoms. The molecule has 1 aromatic carbocycles. The SMILES string of the molecule is C#CCNC(=O)c1ccc(OC)c(Cl)c1. The van der Waals surface area contributed by atoms with E-state index in [4.69, 9.17) is 22.8 Å². The van der Waals surface area contributed by atoms with Crippen molar-refractivity contribution in [3.63, 3.8) is 0 Å². The Hall–Kier alpha value is -1.66. The van der Waals surface area contributed by atoms with E-state index in [1.165, 1.54) is 13.2 Å². The number of carbonyl (C=O) groups is 1. The van der Waals surface area contributed by atoms with E-state index in [1.807, 2.05) is 0 Å². The summed E-state index contributed by atoms with van der Waals surface area (Å²) in [5.74, 6) is 2.60. The van der Waals surface area contributed by atoms with Crippen molar-refractivity contribution in [2.45, 2.75) is 0 Å². The lowest BCUT2D eigenvalue weighted by atomic mass is 10.2. The molecular weight excluding hydrogens is 214 g/mol. The molecule has 0 unspecified atom stereocenters. The van der Waals surface area contributed by atoms with Gasteiger partial charge in [0.15, 0.2) is 0 Å². The fourth-order valence-corrected chi connectivity index (χ4v) is 1.30. The molecule has 0 fully saturated rings. The Balaban J connectivity index is 2.84. The molecule has 0 saturated heterocycles. The Morgan fingerprint density at radius 1 is 1.67 bits per heavy atom. The summed E-state index contributed by atoms with van der Waals surface area (Å²) in [4.78, 5) is 11.4. The van der Waals surface area contributed by atoms with E-state index in [-0.39, 0.29) is 12.5 Å². The topological polar surface area (TPSA) is 38.3 Å². The molecule has 0 aromatic heterocycles. The number of rotatable bonds is 3. The smallest absolute Gasteiger partial charge is 0.252 e. The lowest BCUT2D eigenvalue weighted by Gasteiger charge is -2.05. The van der Waals surface area contributed by atoms with Crippen LogP contribution in [0, 0.1) is 12.3 Å². The Labute approximate surface area is 93.4 Å².